The normalized spacial score (nSPS) is 10.3. The van der Waals surface area contributed by atoms with Gasteiger partial charge in [-0.2, -0.15) is 0 Å². The average Bonchev–Trinajstić information content (AvgIpc) is 2.63. The van der Waals surface area contributed by atoms with Crippen LogP contribution in [0.5, 0.6) is 0 Å². The second kappa shape index (κ2) is 31.0. The summed E-state index contributed by atoms with van der Waals surface area (Å²) >= 11 is 0. The minimum absolute atomic E-state index is 0.862. The molecule has 1 heteroatoms. The Hall–Kier alpha value is -0.850. The molecule has 0 atom stereocenters. The first-order valence-corrected chi connectivity index (χ1v) is 10.9. The summed E-state index contributed by atoms with van der Waals surface area (Å²) in [6.45, 7) is 24.7. The molecule has 0 unspecified atom stereocenters. The Labute approximate surface area is 162 Å². The van der Waals surface area contributed by atoms with E-state index < -0.39 is 0 Å². The van der Waals surface area contributed by atoms with E-state index in [2.05, 4.69) is 45.3 Å². The molecule has 152 valence electrons. The zero-order chi connectivity index (χ0) is 20.5. The molecule has 0 amide bonds. The summed E-state index contributed by atoms with van der Waals surface area (Å²) in [7, 11) is 0. The van der Waals surface area contributed by atoms with Crippen molar-refractivity contribution >= 4 is 6.21 Å². The zero-order valence-electron chi connectivity index (χ0n) is 19.5. The Morgan fingerprint density at radius 2 is 1.24 bits per heavy atom. The molecule has 0 spiro atoms. The molecule has 0 saturated carbocycles. The van der Waals surface area contributed by atoms with E-state index in [9.17, 15) is 0 Å². The van der Waals surface area contributed by atoms with Crippen molar-refractivity contribution in [2.24, 2.45) is 10.9 Å². The lowest BCUT2D eigenvalue weighted by molar-refractivity contribution is 0.407. The lowest BCUT2D eigenvalue weighted by atomic mass is 9.94. The molecule has 0 fully saturated rings. The smallest absolute Gasteiger partial charge is 0.0301 e. The summed E-state index contributed by atoms with van der Waals surface area (Å²) in [6.07, 6.45) is 14.7. The molecule has 0 aromatic heterocycles. The van der Waals surface area contributed by atoms with E-state index in [0.29, 0.717) is 0 Å². The van der Waals surface area contributed by atoms with Crippen molar-refractivity contribution in [1.29, 1.82) is 0 Å². The maximum absolute atomic E-state index is 4.13. The van der Waals surface area contributed by atoms with Crippen molar-refractivity contribution in [3.63, 3.8) is 0 Å². The summed E-state index contributed by atoms with van der Waals surface area (Å²) < 4.78 is 0. The van der Waals surface area contributed by atoms with E-state index in [-0.39, 0.29) is 0 Å². The van der Waals surface area contributed by atoms with Crippen molar-refractivity contribution in [1.82, 2.24) is 0 Å². The highest BCUT2D eigenvalue weighted by Gasteiger charge is 2.03. The fraction of sp³-hybridized carbons (Fsp3) is 0.792. The number of hydrogen-bond donors (Lipinski definition) is 0. The lowest BCUT2D eigenvalue weighted by Crippen LogP contribution is -1.98. The van der Waals surface area contributed by atoms with Crippen LogP contribution in [0.4, 0.5) is 0 Å². The fourth-order valence-corrected chi connectivity index (χ4v) is 2.42. The highest BCUT2D eigenvalue weighted by molar-refractivity contribution is 5.79. The van der Waals surface area contributed by atoms with Crippen molar-refractivity contribution in [2.75, 3.05) is 0 Å². The minimum Gasteiger partial charge on any atom is -0.262 e. The molecule has 0 aromatic rings. The molecular formula is C24H51N. The van der Waals surface area contributed by atoms with Gasteiger partial charge in [-0.15, -0.1) is 0 Å². The van der Waals surface area contributed by atoms with Crippen LogP contribution in [-0.4, -0.2) is 6.21 Å². The maximum Gasteiger partial charge on any atom is 0.0301 e. The van der Waals surface area contributed by atoms with Crippen molar-refractivity contribution < 1.29 is 0 Å². The van der Waals surface area contributed by atoms with E-state index in [1.165, 1.54) is 50.5 Å². The van der Waals surface area contributed by atoms with E-state index >= 15 is 0 Å². The van der Waals surface area contributed by atoms with Gasteiger partial charge in [0.15, 0.2) is 0 Å². The SMILES string of the molecule is C=C(C)N=C/C(=C\C)CCC.CC.CC.CCCC(CCC)CCC. The first-order valence-electron chi connectivity index (χ1n) is 10.9. The molecule has 0 heterocycles. The van der Waals surface area contributed by atoms with Gasteiger partial charge in [-0.05, 0) is 31.8 Å². The summed E-state index contributed by atoms with van der Waals surface area (Å²) in [6, 6.07) is 0. The highest BCUT2D eigenvalue weighted by Crippen LogP contribution is 2.18. The van der Waals surface area contributed by atoms with Crippen LogP contribution in [0.15, 0.2) is 28.9 Å². The van der Waals surface area contributed by atoms with Crippen LogP contribution in [0, 0.1) is 5.92 Å². The maximum atomic E-state index is 4.13. The summed E-state index contributed by atoms with van der Waals surface area (Å²) in [5.41, 5.74) is 2.15. The van der Waals surface area contributed by atoms with Crippen LogP contribution in [0.1, 0.15) is 121 Å². The average molecular weight is 354 g/mol. The Balaban J connectivity index is -0.000000147. The van der Waals surface area contributed by atoms with Crippen LogP contribution >= 0.6 is 0 Å². The largest absolute Gasteiger partial charge is 0.262 e. The molecule has 0 rings (SSSR count). The standard InChI is InChI=1S/C10H17N.C10H22.2C2H6/c1-5-7-10(6-2)8-11-9(3)4;1-4-7-10(8-5-2)9-6-3;2*1-2/h6,8H,3,5,7H2,1-2,4H3;10H,4-9H2,1-3H3;2*1-2H3/b10-6-,11-8?;;;. The lowest BCUT2D eigenvalue weighted by Gasteiger charge is -2.12. The highest BCUT2D eigenvalue weighted by atomic mass is 14.7. The third-order valence-electron chi connectivity index (χ3n) is 3.45. The molecule has 0 saturated heterocycles. The summed E-state index contributed by atoms with van der Waals surface area (Å²) in [5.74, 6) is 1.03. The third-order valence-corrected chi connectivity index (χ3v) is 3.45. The molecule has 1 nitrogen and oxygen atoms in total. The van der Waals surface area contributed by atoms with Gasteiger partial charge in [-0.1, -0.05) is 113 Å². The Morgan fingerprint density at radius 3 is 1.48 bits per heavy atom. The van der Waals surface area contributed by atoms with Gasteiger partial charge < -0.3 is 0 Å². The molecule has 25 heavy (non-hydrogen) atoms. The Kier molecular flexibility index (Phi) is 39.5. The van der Waals surface area contributed by atoms with Gasteiger partial charge in [0.2, 0.25) is 0 Å². The number of allylic oxidation sites excluding steroid dienone is 3. The molecule has 0 aromatic carbocycles. The van der Waals surface area contributed by atoms with Crippen molar-refractivity contribution in [3.05, 3.63) is 23.9 Å². The summed E-state index contributed by atoms with van der Waals surface area (Å²) in [4.78, 5) is 4.13. The number of aliphatic imine (C=N–C) groups is 1. The van der Waals surface area contributed by atoms with Crippen LogP contribution in [-0.2, 0) is 0 Å². The monoisotopic (exact) mass is 353 g/mol. The minimum atomic E-state index is 0.862. The Morgan fingerprint density at radius 1 is 0.840 bits per heavy atom. The zero-order valence-corrected chi connectivity index (χ0v) is 19.5. The first kappa shape index (κ1) is 31.9. The molecule has 0 N–H and O–H groups in total. The molecular weight excluding hydrogens is 302 g/mol. The van der Waals surface area contributed by atoms with E-state index in [1.54, 1.807) is 0 Å². The van der Waals surface area contributed by atoms with Gasteiger partial charge in [0.05, 0.1) is 0 Å². The first-order chi connectivity index (χ1) is 12.0. The second-order valence-corrected chi connectivity index (χ2v) is 5.84. The molecule has 0 aliphatic rings. The van der Waals surface area contributed by atoms with Gasteiger partial charge in [-0.25, -0.2) is 0 Å². The molecule has 0 radical (unpaired) electrons. The van der Waals surface area contributed by atoms with E-state index in [1.807, 2.05) is 47.8 Å². The molecule has 0 aliphatic heterocycles. The van der Waals surface area contributed by atoms with Gasteiger partial charge in [0.1, 0.15) is 0 Å². The predicted octanol–water partition coefficient (Wildman–Crippen LogP) is 9.39. The van der Waals surface area contributed by atoms with Gasteiger partial charge in [0, 0.05) is 11.9 Å². The molecule has 0 bridgehead atoms. The predicted molar refractivity (Wildman–Crippen MR) is 123 cm³/mol. The number of nitrogens with zero attached hydrogens (tertiary/aromatic N) is 1. The van der Waals surface area contributed by atoms with Gasteiger partial charge in [0.25, 0.3) is 0 Å². The summed E-state index contributed by atoms with van der Waals surface area (Å²) in [5, 5.41) is 0. The second-order valence-electron chi connectivity index (χ2n) is 5.84. The van der Waals surface area contributed by atoms with Gasteiger partial charge in [-0.3, -0.25) is 4.99 Å². The van der Waals surface area contributed by atoms with E-state index in [4.69, 9.17) is 0 Å². The topological polar surface area (TPSA) is 12.4 Å². The molecule has 0 aliphatic carbocycles. The van der Waals surface area contributed by atoms with Crippen molar-refractivity contribution in [3.8, 4) is 0 Å². The van der Waals surface area contributed by atoms with Crippen LogP contribution in [0.3, 0.4) is 0 Å². The van der Waals surface area contributed by atoms with Crippen LogP contribution in [0.2, 0.25) is 0 Å². The van der Waals surface area contributed by atoms with Crippen LogP contribution in [0.25, 0.3) is 0 Å². The van der Waals surface area contributed by atoms with Gasteiger partial charge >= 0.3 is 0 Å². The van der Waals surface area contributed by atoms with Crippen LogP contribution < -0.4 is 0 Å². The number of hydrogen-bond acceptors (Lipinski definition) is 1. The fourth-order valence-electron chi connectivity index (χ4n) is 2.42. The quantitative estimate of drug-likeness (QED) is 0.347. The van der Waals surface area contributed by atoms with E-state index in [0.717, 1.165) is 18.0 Å². The van der Waals surface area contributed by atoms with Crippen molar-refractivity contribution in [2.45, 2.75) is 121 Å². The Bertz CT molecular complexity index is 272. The third kappa shape index (κ3) is 31.4. The number of rotatable bonds is 10.